The van der Waals surface area contributed by atoms with Gasteiger partial charge in [0.2, 0.25) is 10.0 Å². The van der Waals surface area contributed by atoms with Crippen molar-refractivity contribution in [3.8, 4) is 5.75 Å². The van der Waals surface area contributed by atoms with Crippen LogP contribution >= 0.6 is 11.8 Å². The van der Waals surface area contributed by atoms with Crippen LogP contribution in [-0.2, 0) is 14.8 Å². The lowest BCUT2D eigenvalue weighted by atomic mass is 10.0. The van der Waals surface area contributed by atoms with E-state index in [1.807, 2.05) is 54.6 Å². The quantitative estimate of drug-likeness (QED) is 0.459. The number of anilines is 1. The highest BCUT2D eigenvalue weighted by Gasteiger charge is 2.27. The molecule has 34 heavy (non-hydrogen) atoms. The summed E-state index contributed by atoms with van der Waals surface area (Å²) >= 11 is 1.57. The highest BCUT2D eigenvalue weighted by atomic mass is 32.2. The number of nitrogens with zero attached hydrogens (tertiary/aromatic N) is 1. The van der Waals surface area contributed by atoms with Crippen LogP contribution in [0.15, 0.2) is 93.5 Å². The molecule has 1 heterocycles. The molecule has 0 radical (unpaired) electrons. The minimum Gasteiger partial charge on any atom is -0.484 e. The maximum absolute atomic E-state index is 12.9. The number of benzene rings is 3. The van der Waals surface area contributed by atoms with Crippen LogP contribution in [-0.4, -0.2) is 38.3 Å². The maximum Gasteiger partial charge on any atom is 0.262 e. The Morgan fingerprint density at radius 3 is 2.32 bits per heavy atom. The molecule has 0 bridgehead atoms. The lowest BCUT2D eigenvalue weighted by Crippen LogP contribution is -2.37. The Hall–Kier alpha value is -2.81. The molecule has 6 nitrogen and oxygen atoms in total. The molecule has 1 amide bonds. The Morgan fingerprint density at radius 1 is 0.971 bits per heavy atom. The number of nitrogens with one attached hydrogen (secondary N) is 1. The summed E-state index contributed by atoms with van der Waals surface area (Å²) in [5.74, 6) is 0.700. The second-order valence-electron chi connectivity index (χ2n) is 8.31. The molecule has 1 aliphatic heterocycles. The van der Waals surface area contributed by atoms with E-state index in [1.54, 1.807) is 28.2 Å². The topological polar surface area (TPSA) is 75.7 Å². The highest BCUT2D eigenvalue weighted by Crippen LogP contribution is 2.33. The van der Waals surface area contributed by atoms with Crippen molar-refractivity contribution in [2.75, 3.05) is 25.0 Å². The number of sulfonamides is 1. The Kier molecular flexibility index (Phi) is 7.92. The van der Waals surface area contributed by atoms with Crippen molar-refractivity contribution in [2.24, 2.45) is 5.92 Å². The second kappa shape index (κ2) is 11.1. The fraction of sp³-hybridized carbons (Fsp3) is 0.269. The first kappa shape index (κ1) is 24.3. The van der Waals surface area contributed by atoms with Gasteiger partial charge in [-0.3, -0.25) is 4.79 Å². The number of amides is 1. The molecule has 3 aromatic rings. The van der Waals surface area contributed by atoms with E-state index in [0.717, 1.165) is 22.6 Å². The zero-order valence-electron chi connectivity index (χ0n) is 19.0. The van der Waals surface area contributed by atoms with Crippen molar-refractivity contribution in [3.63, 3.8) is 0 Å². The summed E-state index contributed by atoms with van der Waals surface area (Å²) < 4.78 is 32.9. The molecule has 8 heteroatoms. The molecule has 0 saturated carbocycles. The van der Waals surface area contributed by atoms with Crippen molar-refractivity contribution in [2.45, 2.75) is 34.5 Å². The van der Waals surface area contributed by atoms with Gasteiger partial charge in [-0.2, -0.15) is 4.31 Å². The summed E-state index contributed by atoms with van der Waals surface area (Å²) in [7, 11) is -3.51. The van der Waals surface area contributed by atoms with Crippen molar-refractivity contribution in [3.05, 3.63) is 78.9 Å². The molecule has 0 unspecified atom stereocenters. The van der Waals surface area contributed by atoms with Gasteiger partial charge in [-0.25, -0.2) is 8.42 Å². The van der Waals surface area contributed by atoms with Gasteiger partial charge in [-0.1, -0.05) is 49.0 Å². The first-order chi connectivity index (χ1) is 16.4. The zero-order valence-corrected chi connectivity index (χ0v) is 20.6. The van der Waals surface area contributed by atoms with Gasteiger partial charge in [0.1, 0.15) is 5.75 Å². The van der Waals surface area contributed by atoms with E-state index < -0.39 is 10.0 Å². The van der Waals surface area contributed by atoms with E-state index in [0.29, 0.717) is 30.4 Å². The van der Waals surface area contributed by atoms with E-state index in [9.17, 15) is 13.2 Å². The van der Waals surface area contributed by atoms with E-state index in [4.69, 9.17) is 4.74 Å². The predicted octanol–water partition coefficient (Wildman–Crippen LogP) is 5.28. The van der Waals surface area contributed by atoms with E-state index in [1.165, 1.54) is 12.1 Å². The van der Waals surface area contributed by atoms with Gasteiger partial charge in [-0.05, 0) is 67.3 Å². The second-order valence-corrected chi connectivity index (χ2v) is 11.4. The molecule has 1 fully saturated rings. The number of para-hydroxylation sites is 1. The zero-order chi connectivity index (χ0) is 24.0. The Morgan fingerprint density at radius 2 is 1.62 bits per heavy atom. The van der Waals surface area contributed by atoms with Gasteiger partial charge in [0.05, 0.1) is 10.6 Å². The first-order valence-electron chi connectivity index (χ1n) is 11.3. The predicted molar refractivity (Wildman–Crippen MR) is 135 cm³/mol. The smallest absolute Gasteiger partial charge is 0.262 e. The number of ether oxygens (including phenoxy) is 1. The average molecular weight is 497 g/mol. The van der Waals surface area contributed by atoms with Crippen LogP contribution in [0.5, 0.6) is 5.75 Å². The average Bonchev–Trinajstić information content (AvgIpc) is 2.85. The van der Waals surface area contributed by atoms with Crippen molar-refractivity contribution in [1.29, 1.82) is 0 Å². The summed E-state index contributed by atoms with van der Waals surface area (Å²) in [4.78, 5) is 14.8. The molecule has 1 aliphatic rings. The fourth-order valence-corrected chi connectivity index (χ4v) is 6.08. The van der Waals surface area contributed by atoms with E-state index in [2.05, 4.69) is 12.2 Å². The molecule has 1 saturated heterocycles. The monoisotopic (exact) mass is 496 g/mol. The van der Waals surface area contributed by atoms with Crippen LogP contribution in [0.25, 0.3) is 0 Å². The van der Waals surface area contributed by atoms with Crippen molar-refractivity contribution in [1.82, 2.24) is 4.31 Å². The first-order valence-corrected chi connectivity index (χ1v) is 13.5. The van der Waals surface area contributed by atoms with Crippen molar-refractivity contribution < 1.29 is 17.9 Å². The summed E-state index contributed by atoms with van der Waals surface area (Å²) in [6, 6.07) is 23.8. The van der Waals surface area contributed by atoms with Crippen LogP contribution in [0.4, 0.5) is 5.69 Å². The summed E-state index contributed by atoms with van der Waals surface area (Å²) in [6.45, 7) is 3.06. The molecular weight excluding hydrogens is 468 g/mol. The van der Waals surface area contributed by atoms with Crippen LogP contribution in [0.1, 0.15) is 19.8 Å². The van der Waals surface area contributed by atoms with Gasteiger partial charge >= 0.3 is 0 Å². The van der Waals surface area contributed by atoms with Gasteiger partial charge in [-0.15, -0.1) is 0 Å². The van der Waals surface area contributed by atoms with Crippen molar-refractivity contribution >= 4 is 33.4 Å². The molecule has 178 valence electrons. The van der Waals surface area contributed by atoms with Crippen LogP contribution in [0.3, 0.4) is 0 Å². The number of carbonyl (C=O) groups is 1. The largest absolute Gasteiger partial charge is 0.484 e. The third-order valence-electron chi connectivity index (χ3n) is 5.71. The summed E-state index contributed by atoms with van der Waals surface area (Å²) in [5.41, 5.74) is 0.710. The van der Waals surface area contributed by atoms with Gasteiger partial charge in [0, 0.05) is 22.9 Å². The summed E-state index contributed by atoms with van der Waals surface area (Å²) in [5, 5.41) is 2.90. The van der Waals surface area contributed by atoms with Gasteiger partial charge in [0.15, 0.2) is 6.61 Å². The van der Waals surface area contributed by atoms with Crippen LogP contribution < -0.4 is 10.1 Å². The molecule has 0 aromatic heterocycles. The standard InChI is InChI=1S/C26H28N2O4S2/c1-20-15-17-28(18-16-20)34(30,31)23-13-11-21(12-14-23)32-19-26(29)27-24-9-5-6-10-25(24)33-22-7-3-2-4-8-22/h2-14,20H,15-19H2,1H3,(H,27,29). The van der Waals surface area contributed by atoms with E-state index >= 15 is 0 Å². The lowest BCUT2D eigenvalue weighted by Gasteiger charge is -2.29. The molecule has 1 N–H and O–H groups in total. The Bertz CT molecular complexity index is 1210. The van der Waals surface area contributed by atoms with Gasteiger partial charge < -0.3 is 10.1 Å². The number of rotatable bonds is 8. The number of carbonyl (C=O) groups excluding carboxylic acids is 1. The Balaban J connectivity index is 1.33. The maximum atomic E-state index is 12.9. The molecule has 4 rings (SSSR count). The fourth-order valence-electron chi connectivity index (χ4n) is 3.69. The molecular formula is C26H28N2O4S2. The number of hydrogen-bond acceptors (Lipinski definition) is 5. The minimum absolute atomic E-state index is 0.180. The van der Waals surface area contributed by atoms with E-state index in [-0.39, 0.29) is 17.4 Å². The van der Waals surface area contributed by atoms with Crippen LogP contribution in [0, 0.1) is 5.92 Å². The Labute approximate surface area is 205 Å². The number of hydrogen-bond donors (Lipinski definition) is 1. The molecule has 3 aromatic carbocycles. The third-order valence-corrected chi connectivity index (χ3v) is 8.70. The molecule has 0 aliphatic carbocycles. The minimum atomic E-state index is -3.51. The van der Waals surface area contributed by atoms with Gasteiger partial charge in [0.25, 0.3) is 5.91 Å². The molecule has 0 spiro atoms. The lowest BCUT2D eigenvalue weighted by molar-refractivity contribution is -0.118. The number of piperidine rings is 1. The van der Waals surface area contributed by atoms with Crippen LogP contribution in [0.2, 0.25) is 0 Å². The normalized spacial score (nSPS) is 15.1. The molecule has 0 atom stereocenters. The SMILES string of the molecule is CC1CCN(S(=O)(=O)c2ccc(OCC(=O)Nc3ccccc3Sc3ccccc3)cc2)CC1. The third kappa shape index (κ3) is 6.20. The summed E-state index contributed by atoms with van der Waals surface area (Å²) in [6.07, 6.45) is 1.76. The highest BCUT2D eigenvalue weighted by molar-refractivity contribution is 7.99.